The van der Waals surface area contributed by atoms with Gasteiger partial charge in [-0.15, -0.1) is 0 Å². The summed E-state index contributed by atoms with van der Waals surface area (Å²) in [6, 6.07) is 4.28. The summed E-state index contributed by atoms with van der Waals surface area (Å²) in [6.07, 6.45) is -4.03. The predicted octanol–water partition coefficient (Wildman–Crippen LogP) is 6.85. The Bertz CT molecular complexity index is 1140. The molecule has 5 nitrogen and oxygen atoms in total. The van der Waals surface area contributed by atoms with Crippen LogP contribution in [0.2, 0.25) is 0 Å². The van der Waals surface area contributed by atoms with E-state index in [1.54, 1.807) is 0 Å². The molecule has 2 aromatic heterocycles. The van der Waals surface area contributed by atoms with E-state index in [9.17, 15) is 31.4 Å². The van der Waals surface area contributed by atoms with E-state index in [2.05, 4.69) is 10.1 Å². The molecule has 184 valence electrons. The molecule has 11 heteroatoms. The third-order valence-corrected chi connectivity index (χ3v) is 5.20. The van der Waals surface area contributed by atoms with Crippen LogP contribution in [0.4, 0.5) is 26.3 Å². The summed E-state index contributed by atoms with van der Waals surface area (Å²) in [5.41, 5.74) is -2.56. The third kappa shape index (κ3) is 5.63. The summed E-state index contributed by atoms with van der Waals surface area (Å²) in [6.45, 7) is 2.29. The van der Waals surface area contributed by atoms with Gasteiger partial charge in [-0.2, -0.15) is 31.4 Å². The predicted molar refractivity (Wildman–Crippen MR) is 113 cm³/mol. The Labute approximate surface area is 192 Å². The fourth-order valence-corrected chi connectivity index (χ4v) is 3.49. The number of benzene rings is 1. The van der Waals surface area contributed by atoms with Crippen molar-refractivity contribution >= 4 is 0 Å². The van der Waals surface area contributed by atoms with E-state index in [-0.39, 0.29) is 34.7 Å². The molecular formula is C23H23F6N3O2. The van der Waals surface area contributed by atoms with E-state index in [1.165, 1.54) is 12.1 Å². The van der Waals surface area contributed by atoms with Crippen molar-refractivity contribution in [3.8, 4) is 33.9 Å². The Balaban J connectivity index is 2.10. The van der Waals surface area contributed by atoms with Crippen LogP contribution in [0, 0.1) is 0 Å². The second-order valence-electron chi connectivity index (χ2n) is 7.74. The van der Waals surface area contributed by atoms with Gasteiger partial charge in [0.2, 0.25) is 0 Å². The lowest BCUT2D eigenvalue weighted by atomic mass is 9.98. The molecule has 0 spiro atoms. The van der Waals surface area contributed by atoms with Crippen molar-refractivity contribution in [1.82, 2.24) is 14.8 Å². The quantitative estimate of drug-likeness (QED) is 0.279. The molecule has 3 aromatic rings. The minimum Gasteiger partial charge on any atom is -0.506 e. The Morgan fingerprint density at radius 1 is 0.971 bits per heavy atom. The maximum atomic E-state index is 13.3. The van der Waals surface area contributed by atoms with Crippen LogP contribution in [0.1, 0.15) is 43.9 Å². The number of aromatic nitrogens is 3. The first-order valence-corrected chi connectivity index (χ1v) is 10.6. The number of aryl methyl sites for hydroxylation is 1. The lowest BCUT2D eigenvalue weighted by Crippen LogP contribution is -2.11. The molecule has 0 bridgehead atoms. The van der Waals surface area contributed by atoms with Gasteiger partial charge in [0.1, 0.15) is 17.2 Å². The molecule has 0 saturated heterocycles. The van der Waals surface area contributed by atoms with E-state index in [4.69, 9.17) is 4.74 Å². The van der Waals surface area contributed by atoms with Gasteiger partial charge in [-0.1, -0.05) is 26.2 Å². The summed E-state index contributed by atoms with van der Waals surface area (Å²) in [5.74, 6) is -0.468. The minimum atomic E-state index is -4.68. The van der Waals surface area contributed by atoms with Crippen LogP contribution < -0.4 is 4.74 Å². The maximum absolute atomic E-state index is 13.3. The zero-order chi connectivity index (χ0) is 25.1. The molecule has 0 atom stereocenters. The topological polar surface area (TPSA) is 60.2 Å². The van der Waals surface area contributed by atoms with Gasteiger partial charge in [0.05, 0.1) is 23.4 Å². The van der Waals surface area contributed by atoms with Crippen LogP contribution in [0.5, 0.6) is 11.5 Å². The number of hydrogen-bond acceptors (Lipinski definition) is 4. The van der Waals surface area contributed by atoms with Gasteiger partial charge in [0, 0.05) is 30.6 Å². The fraction of sp³-hybridized carbons (Fsp3) is 0.391. The molecular weight excluding hydrogens is 464 g/mol. The highest BCUT2D eigenvalue weighted by molar-refractivity contribution is 5.85. The van der Waals surface area contributed by atoms with Crippen LogP contribution in [0.25, 0.3) is 22.4 Å². The van der Waals surface area contributed by atoms with Crippen molar-refractivity contribution in [3.05, 3.63) is 47.9 Å². The number of aromatic hydroxyl groups is 1. The van der Waals surface area contributed by atoms with E-state index >= 15 is 0 Å². The normalized spacial score (nSPS) is 12.2. The number of unbranched alkanes of at least 4 members (excludes halogenated alkanes) is 3. The number of pyridine rings is 1. The van der Waals surface area contributed by atoms with Gasteiger partial charge < -0.3 is 9.84 Å². The molecule has 3 rings (SSSR count). The monoisotopic (exact) mass is 487 g/mol. The average Bonchev–Trinajstić information content (AvgIpc) is 3.15. The summed E-state index contributed by atoms with van der Waals surface area (Å²) in [7, 11) is 1.11. The smallest absolute Gasteiger partial charge is 0.433 e. The molecule has 1 aromatic carbocycles. The molecule has 1 N–H and O–H groups in total. The van der Waals surface area contributed by atoms with Gasteiger partial charge in [0.15, 0.2) is 0 Å². The molecule has 2 heterocycles. The molecule has 0 unspecified atom stereocenters. The van der Waals surface area contributed by atoms with E-state index in [0.29, 0.717) is 17.3 Å². The van der Waals surface area contributed by atoms with E-state index in [1.807, 2.05) is 6.92 Å². The summed E-state index contributed by atoms with van der Waals surface area (Å²) in [4.78, 5) is 3.63. The Morgan fingerprint density at radius 3 is 2.32 bits per heavy atom. The van der Waals surface area contributed by atoms with Crippen molar-refractivity contribution in [2.75, 3.05) is 6.61 Å². The maximum Gasteiger partial charge on any atom is 0.433 e. The Morgan fingerprint density at radius 2 is 1.71 bits per heavy atom. The third-order valence-electron chi connectivity index (χ3n) is 5.20. The summed E-state index contributed by atoms with van der Waals surface area (Å²) >= 11 is 0. The number of phenols is 1. The number of phenolic OH excluding ortho intramolecular Hbond substituents is 1. The fourth-order valence-electron chi connectivity index (χ4n) is 3.49. The van der Waals surface area contributed by atoms with Crippen molar-refractivity contribution < 1.29 is 36.2 Å². The number of hydrogen-bond donors (Lipinski definition) is 1. The number of halogens is 6. The van der Waals surface area contributed by atoms with Crippen molar-refractivity contribution in [2.24, 2.45) is 7.05 Å². The SMILES string of the molecule is CCCCCCOc1ccc(-c2cc(C(F)(F)F)n(C)n2)c(O)c1-c1cncc(C(F)(F)F)c1. The standard InChI is InChI=1S/C23H23F6N3O2/c1-3-4-5-6-9-34-18-8-7-16(17-11-19(23(27,28)29)32(2)31-17)21(33)20(18)14-10-15(13-30-12-14)22(24,25)26/h7-8,10-13,33H,3-6,9H2,1-2H3. The van der Waals surface area contributed by atoms with Crippen LogP contribution in [0.3, 0.4) is 0 Å². The highest BCUT2D eigenvalue weighted by Gasteiger charge is 2.36. The largest absolute Gasteiger partial charge is 0.506 e. The highest BCUT2D eigenvalue weighted by atomic mass is 19.4. The van der Waals surface area contributed by atoms with Crippen LogP contribution in [-0.2, 0) is 19.4 Å². The molecule has 0 aliphatic carbocycles. The molecule has 0 radical (unpaired) electrons. The zero-order valence-electron chi connectivity index (χ0n) is 18.5. The highest BCUT2D eigenvalue weighted by Crippen LogP contribution is 2.45. The van der Waals surface area contributed by atoms with Crippen LogP contribution >= 0.6 is 0 Å². The molecule has 0 aliphatic heterocycles. The zero-order valence-corrected chi connectivity index (χ0v) is 18.5. The van der Waals surface area contributed by atoms with Crippen LogP contribution in [-0.4, -0.2) is 26.5 Å². The molecule has 0 amide bonds. The number of alkyl halides is 6. The number of nitrogens with zero attached hydrogens (tertiary/aromatic N) is 3. The van der Waals surface area contributed by atoms with Crippen molar-refractivity contribution in [2.45, 2.75) is 45.0 Å². The summed E-state index contributed by atoms with van der Waals surface area (Å²) in [5, 5.41) is 14.8. The van der Waals surface area contributed by atoms with Gasteiger partial charge in [-0.05, 0) is 30.7 Å². The minimum absolute atomic E-state index is 0.0863. The number of ether oxygens (including phenoxy) is 1. The summed E-state index contributed by atoms with van der Waals surface area (Å²) < 4.78 is 85.8. The average molecular weight is 487 g/mol. The van der Waals surface area contributed by atoms with E-state index < -0.39 is 29.4 Å². The molecule has 34 heavy (non-hydrogen) atoms. The first kappa shape index (κ1) is 25.4. The lowest BCUT2D eigenvalue weighted by molar-refractivity contribution is -0.143. The first-order chi connectivity index (χ1) is 15.9. The molecule has 0 fully saturated rings. The molecule has 0 aliphatic rings. The van der Waals surface area contributed by atoms with Gasteiger partial charge in [0.25, 0.3) is 0 Å². The molecule has 0 saturated carbocycles. The van der Waals surface area contributed by atoms with Gasteiger partial charge in [-0.3, -0.25) is 9.67 Å². The van der Waals surface area contributed by atoms with Crippen LogP contribution in [0.15, 0.2) is 36.7 Å². The Hall–Kier alpha value is -3.24. The van der Waals surface area contributed by atoms with Crippen molar-refractivity contribution in [1.29, 1.82) is 0 Å². The second-order valence-corrected chi connectivity index (χ2v) is 7.74. The van der Waals surface area contributed by atoms with E-state index in [0.717, 1.165) is 44.6 Å². The lowest BCUT2D eigenvalue weighted by Gasteiger charge is -2.16. The second kappa shape index (κ2) is 9.94. The van der Waals surface area contributed by atoms with Gasteiger partial charge >= 0.3 is 12.4 Å². The number of rotatable bonds is 8. The Kier molecular flexibility index (Phi) is 7.42. The first-order valence-electron chi connectivity index (χ1n) is 10.6. The van der Waals surface area contributed by atoms with Crippen molar-refractivity contribution in [3.63, 3.8) is 0 Å². The van der Waals surface area contributed by atoms with Gasteiger partial charge in [-0.25, -0.2) is 0 Å².